The summed E-state index contributed by atoms with van der Waals surface area (Å²) in [6.45, 7) is 2.19. The molecule has 2 heteroatoms. The van der Waals surface area contributed by atoms with Gasteiger partial charge in [0, 0.05) is 16.8 Å². The van der Waals surface area contributed by atoms with Gasteiger partial charge in [0.2, 0.25) is 0 Å². The molecular formula is C19H24ClN. The first kappa shape index (κ1) is 12.8. The number of fused-ring (bicyclic) bond motifs is 1. The summed E-state index contributed by atoms with van der Waals surface area (Å²) in [6, 6.07) is 4.96. The summed E-state index contributed by atoms with van der Waals surface area (Å²) in [7, 11) is 0. The van der Waals surface area contributed by atoms with Gasteiger partial charge in [-0.2, -0.15) is 0 Å². The van der Waals surface area contributed by atoms with Gasteiger partial charge in [0.05, 0.1) is 0 Å². The molecule has 1 atom stereocenters. The molecule has 6 rings (SSSR count). The molecule has 0 amide bonds. The van der Waals surface area contributed by atoms with Crippen LogP contribution in [0.3, 0.4) is 0 Å². The zero-order valence-electron chi connectivity index (χ0n) is 12.8. The molecule has 0 aromatic heterocycles. The van der Waals surface area contributed by atoms with Crippen LogP contribution in [0.25, 0.3) is 0 Å². The Balaban J connectivity index is 1.49. The van der Waals surface area contributed by atoms with E-state index < -0.39 is 0 Å². The van der Waals surface area contributed by atoms with Gasteiger partial charge in [0.1, 0.15) is 0 Å². The Morgan fingerprint density at radius 3 is 2.29 bits per heavy atom. The van der Waals surface area contributed by atoms with Crippen LogP contribution in [-0.2, 0) is 6.42 Å². The Morgan fingerprint density at radius 1 is 1.05 bits per heavy atom. The number of halogens is 1. The van der Waals surface area contributed by atoms with Crippen molar-refractivity contribution in [1.82, 2.24) is 0 Å². The highest BCUT2D eigenvalue weighted by molar-refractivity contribution is 6.30. The number of anilines is 1. The molecule has 1 aliphatic heterocycles. The SMILES string of the molecule is Cc1cc(Cl)cc2c1NC(C13CC4CC(CC(C4)C1)C3)C2. The Morgan fingerprint density at radius 2 is 1.67 bits per heavy atom. The first-order chi connectivity index (χ1) is 10.1. The lowest BCUT2D eigenvalue weighted by atomic mass is 9.47. The minimum atomic E-state index is 0.590. The highest BCUT2D eigenvalue weighted by Crippen LogP contribution is 2.62. The summed E-state index contributed by atoms with van der Waals surface area (Å²) < 4.78 is 0. The summed E-state index contributed by atoms with van der Waals surface area (Å²) in [6.07, 6.45) is 10.2. The number of hydrogen-bond acceptors (Lipinski definition) is 1. The molecule has 1 heterocycles. The number of aryl methyl sites for hydroxylation is 1. The van der Waals surface area contributed by atoms with E-state index in [9.17, 15) is 0 Å². The summed E-state index contributed by atoms with van der Waals surface area (Å²) >= 11 is 6.27. The molecule has 1 nitrogen and oxygen atoms in total. The van der Waals surface area contributed by atoms with Crippen LogP contribution in [0.1, 0.15) is 49.7 Å². The topological polar surface area (TPSA) is 12.0 Å². The molecule has 1 aromatic rings. The summed E-state index contributed by atoms with van der Waals surface area (Å²) in [4.78, 5) is 0. The highest BCUT2D eigenvalue weighted by atomic mass is 35.5. The maximum absolute atomic E-state index is 6.27. The Bertz CT molecular complexity index is 571. The van der Waals surface area contributed by atoms with Gasteiger partial charge in [-0.3, -0.25) is 0 Å². The smallest absolute Gasteiger partial charge is 0.0412 e. The summed E-state index contributed by atoms with van der Waals surface area (Å²) in [5, 5.41) is 4.83. The molecule has 0 radical (unpaired) electrons. The van der Waals surface area contributed by atoms with E-state index in [2.05, 4.69) is 24.4 Å². The molecule has 4 saturated carbocycles. The lowest BCUT2D eigenvalue weighted by Crippen LogP contribution is -2.53. The quantitative estimate of drug-likeness (QED) is 0.751. The maximum Gasteiger partial charge on any atom is 0.0412 e. The van der Waals surface area contributed by atoms with Crippen molar-refractivity contribution in [2.24, 2.45) is 23.2 Å². The first-order valence-corrected chi connectivity index (χ1v) is 9.05. The average molecular weight is 302 g/mol. The Kier molecular flexibility index (Phi) is 2.56. The third kappa shape index (κ3) is 1.82. The Labute approximate surface area is 132 Å². The molecule has 0 saturated heterocycles. The van der Waals surface area contributed by atoms with Gasteiger partial charge < -0.3 is 5.32 Å². The van der Waals surface area contributed by atoms with Crippen molar-refractivity contribution in [2.75, 3.05) is 5.32 Å². The van der Waals surface area contributed by atoms with Crippen LogP contribution in [0.2, 0.25) is 5.02 Å². The second kappa shape index (κ2) is 4.19. The molecule has 4 fully saturated rings. The molecule has 4 aliphatic carbocycles. The predicted octanol–water partition coefficient (Wildman–Crippen LogP) is 5.20. The normalized spacial score (nSPS) is 43.0. The third-order valence-corrected chi connectivity index (χ3v) is 7.17. The van der Waals surface area contributed by atoms with Crippen molar-refractivity contribution >= 4 is 17.3 Å². The third-order valence-electron chi connectivity index (χ3n) is 6.95. The molecule has 1 N–H and O–H groups in total. The monoisotopic (exact) mass is 301 g/mol. The van der Waals surface area contributed by atoms with Crippen LogP contribution in [-0.4, -0.2) is 6.04 Å². The Hall–Kier alpha value is -0.690. The van der Waals surface area contributed by atoms with Crippen molar-refractivity contribution in [3.05, 3.63) is 28.3 Å². The number of hydrogen-bond donors (Lipinski definition) is 1. The number of nitrogens with one attached hydrogen (secondary N) is 1. The van der Waals surface area contributed by atoms with Crippen LogP contribution in [0.15, 0.2) is 12.1 Å². The zero-order chi connectivity index (χ0) is 14.2. The van der Waals surface area contributed by atoms with Crippen molar-refractivity contribution in [3.8, 4) is 0 Å². The van der Waals surface area contributed by atoms with E-state index in [1.165, 1.54) is 61.8 Å². The van der Waals surface area contributed by atoms with E-state index >= 15 is 0 Å². The van der Waals surface area contributed by atoms with E-state index in [0.29, 0.717) is 11.5 Å². The van der Waals surface area contributed by atoms with E-state index in [1.54, 1.807) is 0 Å². The fraction of sp³-hybridized carbons (Fsp3) is 0.684. The predicted molar refractivity (Wildman–Crippen MR) is 87.9 cm³/mol. The summed E-state index contributed by atoms with van der Waals surface area (Å²) in [5.74, 6) is 3.10. The minimum absolute atomic E-state index is 0.590. The second-order valence-corrected chi connectivity index (χ2v) is 8.87. The average Bonchev–Trinajstić information content (AvgIpc) is 2.82. The molecule has 112 valence electrons. The van der Waals surface area contributed by atoms with E-state index in [-0.39, 0.29) is 0 Å². The number of benzene rings is 1. The van der Waals surface area contributed by atoms with E-state index in [1.807, 2.05) is 0 Å². The molecule has 4 bridgehead atoms. The fourth-order valence-corrected chi connectivity index (χ4v) is 6.89. The molecule has 0 spiro atoms. The zero-order valence-corrected chi connectivity index (χ0v) is 13.5. The summed E-state index contributed by atoms with van der Waals surface area (Å²) in [5.41, 5.74) is 4.76. The minimum Gasteiger partial charge on any atom is -0.381 e. The van der Waals surface area contributed by atoms with Gasteiger partial charge in [0.25, 0.3) is 0 Å². The first-order valence-electron chi connectivity index (χ1n) is 8.67. The largest absolute Gasteiger partial charge is 0.381 e. The maximum atomic E-state index is 6.27. The van der Waals surface area contributed by atoms with Gasteiger partial charge in [0.15, 0.2) is 0 Å². The fourth-order valence-electron chi connectivity index (χ4n) is 6.60. The number of rotatable bonds is 1. The highest BCUT2D eigenvalue weighted by Gasteiger charge is 2.55. The second-order valence-electron chi connectivity index (χ2n) is 8.44. The van der Waals surface area contributed by atoms with Crippen LogP contribution in [0.5, 0.6) is 0 Å². The van der Waals surface area contributed by atoms with Gasteiger partial charge in [-0.1, -0.05) is 11.6 Å². The van der Waals surface area contributed by atoms with Crippen LogP contribution >= 0.6 is 11.6 Å². The van der Waals surface area contributed by atoms with Crippen LogP contribution in [0, 0.1) is 30.1 Å². The lowest BCUT2D eigenvalue weighted by molar-refractivity contribution is -0.0619. The van der Waals surface area contributed by atoms with Crippen molar-refractivity contribution in [2.45, 2.75) is 57.9 Å². The van der Waals surface area contributed by atoms with Crippen molar-refractivity contribution in [1.29, 1.82) is 0 Å². The van der Waals surface area contributed by atoms with Crippen LogP contribution < -0.4 is 5.32 Å². The standard InChI is InChI=1S/C19H24ClN/c1-11-2-16(20)6-15-7-17(21-18(11)15)19-8-12-3-13(9-19)5-14(4-12)10-19/h2,6,12-14,17,21H,3-5,7-10H2,1H3. The molecule has 21 heavy (non-hydrogen) atoms. The molecule has 5 aliphatic rings. The molecule has 1 unspecified atom stereocenters. The van der Waals surface area contributed by atoms with E-state index in [0.717, 1.165) is 22.8 Å². The molecule has 1 aromatic carbocycles. The van der Waals surface area contributed by atoms with Gasteiger partial charge in [-0.05, 0) is 98.3 Å². The van der Waals surface area contributed by atoms with Crippen molar-refractivity contribution < 1.29 is 0 Å². The molecular weight excluding hydrogens is 278 g/mol. The van der Waals surface area contributed by atoms with Crippen LogP contribution in [0.4, 0.5) is 5.69 Å². The van der Waals surface area contributed by atoms with Gasteiger partial charge in [-0.15, -0.1) is 0 Å². The lowest BCUT2D eigenvalue weighted by Gasteiger charge is -2.59. The van der Waals surface area contributed by atoms with Gasteiger partial charge >= 0.3 is 0 Å². The van der Waals surface area contributed by atoms with E-state index in [4.69, 9.17) is 11.6 Å². The van der Waals surface area contributed by atoms with Crippen molar-refractivity contribution in [3.63, 3.8) is 0 Å². The van der Waals surface area contributed by atoms with Gasteiger partial charge in [-0.25, -0.2) is 0 Å².